The van der Waals surface area contributed by atoms with Gasteiger partial charge in [-0.3, -0.25) is 9.78 Å². The maximum absolute atomic E-state index is 13.5. The van der Waals surface area contributed by atoms with E-state index in [1.54, 1.807) is 27.9 Å². The van der Waals surface area contributed by atoms with E-state index >= 15 is 0 Å². The lowest BCUT2D eigenvalue weighted by Crippen LogP contribution is -2.30. The SMILES string of the molecule is CN[C@H]1CC(=O)N(c2ccc(-c3cnc4ccc(O[C@H](C)c5cncc(F)c5)nn34)cc2)C1. The number of pyridine rings is 1. The summed E-state index contributed by atoms with van der Waals surface area (Å²) in [5.74, 6) is 0.0858. The summed E-state index contributed by atoms with van der Waals surface area (Å²) in [4.78, 5) is 22.4. The fraction of sp³-hybridized carbons (Fsp3) is 0.250. The van der Waals surface area contributed by atoms with Crippen LogP contribution in [0.4, 0.5) is 10.1 Å². The molecule has 1 N–H and O–H groups in total. The second-order valence-electron chi connectivity index (χ2n) is 8.02. The highest BCUT2D eigenvalue weighted by molar-refractivity contribution is 5.96. The maximum Gasteiger partial charge on any atom is 0.232 e. The van der Waals surface area contributed by atoms with Gasteiger partial charge in [0, 0.05) is 48.1 Å². The van der Waals surface area contributed by atoms with E-state index in [1.807, 2.05) is 44.3 Å². The number of nitrogens with one attached hydrogen (secondary N) is 1. The summed E-state index contributed by atoms with van der Waals surface area (Å²) in [7, 11) is 1.87. The van der Waals surface area contributed by atoms with Crippen molar-refractivity contribution in [1.29, 1.82) is 0 Å². The average molecular weight is 446 g/mol. The van der Waals surface area contributed by atoms with Crippen LogP contribution >= 0.6 is 0 Å². The van der Waals surface area contributed by atoms with E-state index in [1.165, 1.54) is 6.07 Å². The van der Waals surface area contributed by atoms with E-state index in [9.17, 15) is 9.18 Å². The first-order valence-corrected chi connectivity index (χ1v) is 10.7. The van der Waals surface area contributed by atoms with Crippen LogP contribution in [0, 0.1) is 5.82 Å². The highest BCUT2D eigenvalue weighted by Gasteiger charge is 2.29. The lowest BCUT2D eigenvalue weighted by atomic mass is 10.1. The molecule has 1 aromatic carbocycles. The van der Waals surface area contributed by atoms with Gasteiger partial charge in [0.05, 0.1) is 18.1 Å². The van der Waals surface area contributed by atoms with Crippen molar-refractivity contribution in [2.24, 2.45) is 0 Å². The van der Waals surface area contributed by atoms with Gasteiger partial charge in [-0.1, -0.05) is 12.1 Å². The number of carbonyl (C=O) groups excluding carboxylic acids is 1. The zero-order valence-corrected chi connectivity index (χ0v) is 18.3. The molecule has 1 fully saturated rings. The van der Waals surface area contributed by atoms with Crippen molar-refractivity contribution in [3.63, 3.8) is 0 Å². The molecule has 0 saturated carbocycles. The van der Waals surface area contributed by atoms with Crippen molar-refractivity contribution in [3.8, 4) is 17.1 Å². The number of aromatic nitrogens is 4. The van der Waals surface area contributed by atoms with Crippen LogP contribution in [0.15, 0.2) is 61.1 Å². The first-order valence-electron chi connectivity index (χ1n) is 10.7. The molecule has 33 heavy (non-hydrogen) atoms. The summed E-state index contributed by atoms with van der Waals surface area (Å²) in [6.45, 7) is 2.47. The fourth-order valence-corrected chi connectivity index (χ4v) is 3.98. The number of carbonyl (C=O) groups is 1. The molecule has 4 heterocycles. The van der Waals surface area contributed by atoms with Gasteiger partial charge in [-0.05, 0) is 38.2 Å². The second kappa shape index (κ2) is 8.59. The van der Waals surface area contributed by atoms with Gasteiger partial charge in [0.1, 0.15) is 11.9 Å². The minimum atomic E-state index is -0.427. The number of benzene rings is 1. The van der Waals surface area contributed by atoms with Crippen molar-refractivity contribution in [2.45, 2.75) is 25.5 Å². The van der Waals surface area contributed by atoms with Gasteiger partial charge in [-0.15, -0.1) is 5.10 Å². The van der Waals surface area contributed by atoms with E-state index in [-0.39, 0.29) is 11.9 Å². The predicted molar refractivity (Wildman–Crippen MR) is 121 cm³/mol. The Morgan fingerprint density at radius 1 is 1.15 bits per heavy atom. The zero-order valence-electron chi connectivity index (χ0n) is 18.3. The van der Waals surface area contributed by atoms with E-state index in [4.69, 9.17) is 4.74 Å². The molecular formula is C24H23FN6O2. The van der Waals surface area contributed by atoms with Crippen molar-refractivity contribution < 1.29 is 13.9 Å². The smallest absolute Gasteiger partial charge is 0.232 e. The van der Waals surface area contributed by atoms with Gasteiger partial charge >= 0.3 is 0 Å². The Bertz CT molecular complexity index is 1310. The molecule has 1 amide bonds. The van der Waals surface area contributed by atoms with Crippen molar-refractivity contribution >= 4 is 17.2 Å². The largest absolute Gasteiger partial charge is 0.469 e. The quantitative estimate of drug-likeness (QED) is 0.489. The molecule has 9 heteroatoms. The number of anilines is 1. The molecule has 8 nitrogen and oxygen atoms in total. The van der Waals surface area contributed by atoms with Crippen LogP contribution < -0.4 is 15.0 Å². The second-order valence-corrected chi connectivity index (χ2v) is 8.02. The summed E-state index contributed by atoms with van der Waals surface area (Å²) >= 11 is 0. The summed E-state index contributed by atoms with van der Waals surface area (Å²) in [5.41, 5.74) is 3.87. The van der Waals surface area contributed by atoms with Gasteiger partial charge in [-0.25, -0.2) is 13.9 Å². The van der Waals surface area contributed by atoms with Gasteiger partial charge in [0.25, 0.3) is 0 Å². The molecule has 5 rings (SSSR count). The fourth-order valence-electron chi connectivity index (χ4n) is 3.98. The number of hydrogen-bond acceptors (Lipinski definition) is 6. The maximum atomic E-state index is 13.5. The Labute approximate surface area is 190 Å². The molecule has 3 aromatic heterocycles. The number of halogens is 1. The Morgan fingerprint density at radius 3 is 2.70 bits per heavy atom. The molecule has 0 bridgehead atoms. The Kier molecular flexibility index (Phi) is 5.47. The Balaban J connectivity index is 1.39. The summed E-state index contributed by atoms with van der Waals surface area (Å²) in [6, 6.07) is 12.9. The van der Waals surface area contributed by atoms with Crippen molar-refractivity contribution in [1.82, 2.24) is 24.9 Å². The first kappa shape index (κ1) is 21.0. The Morgan fingerprint density at radius 2 is 1.97 bits per heavy atom. The number of imidazole rings is 1. The third kappa shape index (κ3) is 4.14. The lowest BCUT2D eigenvalue weighted by Gasteiger charge is -2.17. The molecule has 1 aliphatic heterocycles. The highest BCUT2D eigenvalue weighted by Crippen LogP contribution is 2.27. The van der Waals surface area contributed by atoms with Crippen LogP contribution in [0.1, 0.15) is 25.0 Å². The third-order valence-corrected chi connectivity index (χ3v) is 5.84. The van der Waals surface area contributed by atoms with Crippen LogP contribution in [0.25, 0.3) is 16.9 Å². The summed E-state index contributed by atoms with van der Waals surface area (Å²) < 4.78 is 21.1. The van der Waals surface area contributed by atoms with E-state index in [2.05, 4.69) is 20.4 Å². The minimum absolute atomic E-state index is 0.114. The molecule has 0 aliphatic carbocycles. The number of nitrogens with zero attached hydrogens (tertiary/aromatic N) is 5. The number of fused-ring (bicyclic) bond motifs is 1. The van der Waals surface area contributed by atoms with Crippen LogP contribution in [0.3, 0.4) is 0 Å². The van der Waals surface area contributed by atoms with Gasteiger partial charge < -0.3 is 15.0 Å². The molecule has 1 saturated heterocycles. The Hall–Kier alpha value is -3.85. The molecule has 168 valence electrons. The van der Waals surface area contributed by atoms with Crippen LogP contribution in [-0.2, 0) is 4.79 Å². The zero-order chi connectivity index (χ0) is 22.9. The number of ether oxygens (including phenoxy) is 1. The number of likely N-dealkylation sites (N-methyl/N-ethyl adjacent to an activating group) is 1. The molecule has 2 atom stereocenters. The van der Waals surface area contributed by atoms with E-state index < -0.39 is 11.9 Å². The number of rotatable bonds is 6. The third-order valence-electron chi connectivity index (χ3n) is 5.84. The van der Waals surface area contributed by atoms with E-state index in [0.717, 1.165) is 23.1 Å². The van der Waals surface area contributed by atoms with Crippen LogP contribution in [-0.4, -0.2) is 45.1 Å². The minimum Gasteiger partial charge on any atom is -0.469 e. The highest BCUT2D eigenvalue weighted by atomic mass is 19.1. The van der Waals surface area contributed by atoms with Gasteiger partial charge in [0.2, 0.25) is 11.8 Å². The van der Waals surface area contributed by atoms with Gasteiger partial charge in [0.15, 0.2) is 5.65 Å². The van der Waals surface area contributed by atoms with Crippen molar-refractivity contribution in [3.05, 3.63) is 72.4 Å². The molecule has 0 radical (unpaired) electrons. The molecule has 1 aliphatic rings. The molecule has 0 spiro atoms. The van der Waals surface area contributed by atoms with Crippen LogP contribution in [0.5, 0.6) is 5.88 Å². The summed E-state index contributed by atoms with van der Waals surface area (Å²) in [6.07, 6.45) is 4.55. The first-order chi connectivity index (χ1) is 16.0. The number of amides is 1. The van der Waals surface area contributed by atoms with E-state index in [0.29, 0.717) is 30.1 Å². The lowest BCUT2D eigenvalue weighted by molar-refractivity contribution is -0.117. The normalized spacial score (nSPS) is 17.0. The van der Waals surface area contributed by atoms with Gasteiger partial charge in [-0.2, -0.15) is 0 Å². The standard InChI is InChI=1S/C24H23FN6O2/c1-15(17-9-18(25)12-27-11-17)33-23-8-7-22-28-13-21(31(22)29-23)16-3-5-20(6-4-16)30-14-19(26-2)10-24(30)32/h3-9,11-13,15,19,26H,10,14H2,1-2H3/t15-,19+/m1/s1. The van der Waals surface area contributed by atoms with Crippen LogP contribution in [0.2, 0.25) is 0 Å². The molecular weight excluding hydrogens is 423 g/mol. The summed E-state index contributed by atoms with van der Waals surface area (Å²) in [5, 5.41) is 7.74. The predicted octanol–water partition coefficient (Wildman–Crippen LogP) is 3.40. The molecule has 0 unspecified atom stereocenters. The van der Waals surface area contributed by atoms with Crippen molar-refractivity contribution in [2.75, 3.05) is 18.5 Å². The topological polar surface area (TPSA) is 84.7 Å². The average Bonchev–Trinajstić information content (AvgIpc) is 3.42. The monoisotopic (exact) mass is 446 g/mol. The number of hydrogen-bond donors (Lipinski definition) is 1. The molecule has 4 aromatic rings.